The normalized spacial score (nSPS) is 17.1. The quantitative estimate of drug-likeness (QED) is 0.195. The zero-order chi connectivity index (χ0) is 31.7. The van der Waals surface area contributed by atoms with E-state index in [-0.39, 0.29) is 49.2 Å². The Balaban J connectivity index is 0.00000267. The molecule has 3 aromatic carbocycles. The summed E-state index contributed by atoms with van der Waals surface area (Å²) in [6.45, 7) is 6.83. The zero-order valence-corrected chi connectivity index (χ0v) is 31.6. The Morgan fingerprint density at radius 3 is 1.88 bits per heavy atom. The molecule has 1 amide bonds. The van der Waals surface area contributed by atoms with Gasteiger partial charge in [-0.3, -0.25) is 4.79 Å². The largest absolute Gasteiger partial charge is 0.385 e. The number of nitrogens with one attached hydrogen (secondary N) is 1. The number of rotatable bonds is 13. The van der Waals surface area contributed by atoms with Crippen LogP contribution in [0, 0.1) is 0 Å². The Hall–Kier alpha value is -1.87. The van der Waals surface area contributed by atoms with E-state index in [1.54, 1.807) is 0 Å². The van der Waals surface area contributed by atoms with E-state index >= 15 is 0 Å². The van der Waals surface area contributed by atoms with Crippen molar-refractivity contribution in [2.75, 3.05) is 59.9 Å². The van der Waals surface area contributed by atoms with Crippen molar-refractivity contribution in [2.24, 2.45) is 0 Å². The van der Waals surface area contributed by atoms with Gasteiger partial charge in [0.2, 0.25) is 5.91 Å². The minimum Gasteiger partial charge on any atom is -0.385 e. The summed E-state index contributed by atoms with van der Waals surface area (Å²) in [5.74, 6) is 0.139. The average Bonchev–Trinajstić information content (AvgIpc) is 3.06. The molecule has 0 aromatic heterocycles. The molecule has 0 saturated carbocycles. The number of nitrogens with zero attached hydrogens (tertiary/aromatic N) is 3. The van der Waals surface area contributed by atoms with E-state index in [1.165, 1.54) is 11.1 Å². The maximum atomic E-state index is 13.9. The summed E-state index contributed by atoms with van der Waals surface area (Å²) in [6.07, 6.45) is 5.66. The lowest BCUT2D eigenvalue weighted by Crippen LogP contribution is -2.47. The summed E-state index contributed by atoms with van der Waals surface area (Å²) in [6, 6.07) is 29.1. The van der Waals surface area contributed by atoms with Gasteiger partial charge in [-0.2, -0.15) is 0 Å². The molecule has 6 nitrogen and oxygen atoms in total. The van der Waals surface area contributed by atoms with Crippen LogP contribution < -0.4 is 5.32 Å². The highest BCUT2D eigenvalue weighted by Crippen LogP contribution is 2.41. The number of likely N-dealkylation sites (tertiary alicyclic amines) is 2. The van der Waals surface area contributed by atoms with Crippen LogP contribution in [0.1, 0.15) is 61.6 Å². The first kappa shape index (κ1) is 42.3. The third-order valence-electron chi connectivity index (χ3n) is 10.1. The molecule has 48 heavy (non-hydrogen) atoms. The van der Waals surface area contributed by atoms with Gasteiger partial charge in [0, 0.05) is 62.2 Å². The molecule has 2 aliphatic rings. The fraction of sp³-hybridized carbons (Fsp3) is 0.500. The second-order valence-corrected chi connectivity index (χ2v) is 13.9. The van der Waals surface area contributed by atoms with Crippen LogP contribution in [-0.2, 0) is 15.8 Å². The summed E-state index contributed by atoms with van der Waals surface area (Å²) in [4.78, 5) is 21.1. The Labute approximate surface area is 311 Å². The molecule has 0 radical (unpaired) electrons. The van der Waals surface area contributed by atoms with Crippen molar-refractivity contribution in [2.45, 2.75) is 62.0 Å². The number of likely N-dealkylation sites (N-methyl/N-ethyl adjacent to an activating group) is 1. The first-order chi connectivity index (χ1) is 21.8. The standard InChI is InChI=1S/C38H51ClN4O2.3ClH/c1-41(2)28-29-43-24-18-35(19-25-43)40-36(44)30-37(31-10-5-3-6-11-31,32-12-7-4-8-13-32)20-9-23-42-26-21-38(45,22-27-42)33-14-16-34(39)17-15-33;;;/h3-8,10-17,35,45H,9,18-30H2,1-2H3,(H,40,44);3*1H. The number of benzene rings is 3. The lowest BCUT2D eigenvalue weighted by molar-refractivity contribution is -0.123. The predicted octanol–water partition coefficient (Wildman–Crippen LogP) is 7.19. The molecular weight excluding hydrogens is 686 g/mol. The molecule has 266 valence electrons. The van der Waals surface area contributed by atoms with E-state index in [0.29, 0.717) is 24.3 Å². The Bertz CT molecular complexity index is 1290. The Morgan fingerprint density at radius 2 is 1.35 bits per heavy atom. The highest BCUT2D eigenvalue weighted by Gasteiger charge is 2.38. The highest BCUT2D eigenvalue weighted by atomic mass is 35.5. The van der Waals surface area contributed by atoms with Crippen molar-refractivity contribution in [3.63, 3.8) is 0 Å². The molecule has 0 aliphatic carbocycles. The third-order valence-corrected chi connectivity index (χ3v) is 10.3. The average molecular weight is 741 g/mol. The van der Waals surface area contributed by atoms with Crippen molar-refractivity contribution >= 4 is 54.7 Å². The predicted molar refractivity (Wildman–Crippen MR) is 206 cm³/mol. The number of carbonyl (C=O) groups excluding carboxylic acids is 1. The molecular formula is C38H54Cl4N4O2. The molecule has 0 atom stereocenters. The van der Waals surface area contributed by atoms with E-state index in [1.807, 2.05) is 24.3 Å². The topological polar surface area (TPSA) is 59.0 Å². The maximum absolute atomic E-state index is 13.9. The first-order valence-corrected chi connectivity index (χ1v) is 17.1. The summed E-state index contributed by atoms with van der Waals surface area (Å²) in [7, 11) is 4.24. The van der Waals surface area contributed by atoms with Gasteiger partial charge in [-0.15, -0.1) is 37.2 Å². The van der Waals surface area contributed by atoms with Gasteiger partial charge in [0.25, 0.3) is 0 Å². The molecule has 0 spiro atoms. The lowest BCUT2D eigenvalue weighted by Gasteiger charge is -2.40. The number of piperidine rings is 2. The van der Waals surface area contributed by atoms with Crippen LogP contribution in [0.25, 0.3) is 0 Å². The smallest absolute Gasteiger partial charge is 0.221 e. The number of amides is 1. The van der Waals surface area contributed by atoms with Gasteiger partial charge < -0.3 is 25.1 Å². The van der Waals surface area contributed by atoms with Crippen molar-refractivity contribution in [1.29, 1.82) is 0 Å². The highest BCUT2D eigenvalue weighted by molar-refractivity contribution is 6.30. The number of halogens is 4. The minimum atomic E-state index is -0.806. The van der Waals surface area contributed by atoms with E-state index in [2.05, 4.69) is 94.8 Å². The van der Waals surface area contributed by atoms with Gasteiger partial charge in [-0.1, -0.05) is 84.4 Å². The summed E-state index contributed by atoms with van der Waals surface area (Å²) >= 11 is 6.09. The van der Waals surface area contributed by atoms with Gasteiger partial charge in [0.15, 0.2) is 0 Å². The van der Waals surface area contributed by atoms with Crippen LogP contribution >= 0.6 is 48.8 Å². The third kappa shape index (κ3) is 11.3. The van der Waals surface area contributed by atoms with Crippen molar-refractivity contribution in [3.8, 4) is 0 Å². The Morgan fingerprint density at radius 1 is 0.833 bits per heavy atom. The van der Waals surface area contributed by atoms with Crippen LogP contribution in [0.5, 0.6) is 0 Å². The number of hydrogen-bond acceptors (Lipinski definition) is 5. The molecule has 0 bridgehead atoms. The van der Waals surface area contributed by atoms with Crippen LogP contribution in [0.4, 0.5) is 0 Å². The van der Waals surface area contributed by atoms with E-state index in [4.69, 9.17) is 11.6 Å². The van der Waals surface area contributed by atoms with Crippen molar-refractivity contribution in [1.82, 2.24) is 20.0 Å². The second kappa shape index (κ2) is 20.1. The minimum absolute atomic E-state index is 0. The Kier molecular flexibility index (Phi) is 17.7. The number of carbonyl (C=O) groups is 1. The van der Waals surface area contributed by atoms with Crippen LogP contribution in [-0.4, -0.2) is 91.7 Å². The van der Waals surface area contributed by atoms with Crippen molar-refractivity contribution < 1.29 is 9.90 Å². The fourth-order valence-electron chi connectivity index (χ4n) is 7.26. The zero-order valence-electron chi connectivity index (χ0n) is 28.4. The molecule has 5 rings (SSSR count). The lowest BCUT2D eigenvalue weighted by atomic mass is 9.68. The van der Waals surface area contributed by atoms with Crippen LogP contribution in [0.15, 0.2) is 84.9 Å². The number of hydrogen-bond donors (Lipinski definition) is 2. The van der Waals surface area contributed by atoms with E-state index in [9.17, 15) is 9.90 Å². The monoisotopic (exact) mass is 738 g/mol. The van der Waals surface area contributed by atoms with Crippen molar-refractivity contribution in [3.05, 3.63) is 107 Å². The van der Waals surface area contributed by atoms with Gasteiger partial charge in [0.05, 0.1) is 5.60 Å². The summed E-state index contributed by atoms with van der Waals surface area (Å²) < 4.78 is 0. The SMILES string of the molecule is CN(C)CCN1CCC(NC(=O)CC(CCCN2CCC(O)(c3ccc(Cl)cc3)CC2)(c2ccccc2)c2ccccc2)CC1.Cl.Cl.Cl. The summed E-state index contributed by atoms with van der Waals surface area (Å²) in [5.41, 5.74) is 2.11. The molecule has 0 unspecified atom stereocenters. The van der Waals surface area contributed by atoms with E-state index in [0.717, 1.165) is 77.1 Å². The number of aliphatic hydroxyl groups is 1. The van der Waals surface area contributed by atoms with Gasteiger partial charge in [-0.05, 0) is 88.0 Å². The molecule has 2 N–H and O–H groups in total. The molecule has 2 fully saturated rings. The molecule has 2 saturated heterocycles. The summed E-state index contributed by atoms with van der Waals surface area (Å²) in [5, 5.41) is 15.5. The van der Waals surface area contributed by atoms with Crippen LogP contribution in [0.3, 0.4) is 0 Å². The molecule has 3 aromatic rings. The molecule has 2 heterocycles. The second-order valence-electron chi connectivity index (χ2n) is 13.5. The first-order valence-electron chi connectivity index (χ1n) is 16.7. The van der Waals surface area contributed by atoms with Gasteiger partial charge >= 0.3 is 0 Å². The van der Waals surface area contributed by atoms with Gasteiger partial charge in [0.1, 0.15) is 0 Å². The molecule has 2 aliphatic heterocycles. The van der Waals surface area contributed by atoms with E-state index < -0.39 is 11.0 Å². The maximum Gasteiger partial charge on any atom is 0.221 e. The van der Waals surface area contributed by atoms with Gasteiger partial charge in [-0.25, -0.2) is 0 Å². The molecule has 10 heteroatoms. The fourth-order valence-corrected chi connectivity index (χ4v) is 7.38. The van der Waals surface area contributed by atoms with Crippen LogP contribution in [0.2, 0.25) is 5.02 Å².